The molecule has 8 nitrogen and oxygen atoms in total. The normalized spacial score (nSPS) is 19.7. The third kappa shape index (κ3) is 8.25. The van der Waals surface area contributed by atoms with E-state index in [2.05, 4.69) is 20.3 Å². The minimum absolute atomic E-state index is 0.0509. The van der Waals surface area contributed by atoms with Crippen LogP contribution in [0.3, 0.4) is 0 Å². The molecule has 3 N–H and O–H groups in total. The molecule has 1 rings (SSSR count). The fourth-order valence-electron chi connectivity index (χ4n) is 1.07. The van der Waals surface area contributed by atoms with Crippen molar-refractivity contribution in [3.05, 3.63) is 0 Å². The van der Waals surface area contributed by atoms with Gasteiger partial charge in [-0.15, -0.1) is 0 Å². The number of ether oxygens (including phenoxy) is 2. The standard InChI is InChI=1S/C6H8O5.C5H12N2O/c7-1-2-10-6(9)5-4(3-8)11-5;1-3-4-5(8)7-6-2/h3-5,7H,1-2H2;6H,3-4H2,1-2H3,(H,7,8). The molecule has 0 aromatic rings. The van der Waals surface area contributed by atoms with Gasteiger partial charge < -0.3 is 19.4 Å². The van der Waals surface area contributed by atoms with Crippen LogP contribution in [0.2, 0.25) is 0 Å². The first-order valence-corrected chi connectivity index (χ1v) is 5.94. The quantitative estimate of drug-likeness (QED) is 0.225. The minimum atomic E-state index is -0.737. The summed E-state index contributed by atoms with van der Waals surface area (Å²) in [6.45, 7) is 1.70. The molecule has 8 heteroatoms. The lowest BCUT2D eigenvalue weighted by molar-refractivity contribution is -0.146. The lowest BCUT2D eigenvalue weighted by atomic mass is 10.3. The number of hydrogen-bond donors (Lipinski definition) is 3. The van der Waals surface area contributed by atoms with Crippen LogP contribution in [0.25, 0.3) is 0 Å². The Bertz CT molecular complexity index is 289. The molecule has 0 spiro atoms. The fourth-order valence-corrected chi connectivity index (χ4v) is 1.07. The maximum absolute atomic E-state index is 10.7. The number of aliphatic hydroxyl groups excluding tert-OH is 1. The molecule has 19 heavy (non-hydrogen) atoms. The highest BCUT2D eigenvalue weighted by molar-refractivity contribution is 5.84. The van der Waals surface area contributed by atoms with Gasteiger partial charge in [0.1, 0.15) is 6.61 Å². The second-order valence-electron chi connectivity index (χ2n) is 3.60. The highest BCUT2D eigenvalue weighted by Gasteiger charge is 2.46. The Morgan fingerprint density at radius 3 is 2.58 bits per heavy atom. The Labute approximate surface area is 111 Å². The molecule has 0 bridgehead atoms. The van der Waals surface area contributed by atoms with Crippen molar-refractivity contribution in [2.75, 3.05) is 20.3 Å². The second kappa shape index (κ2) is 10.4. The van der Waals surface area contributed by atoms with Gasteiger partial charge in [0.25, 0.3) is 0 Å². The van der Waals surface area contributed by atoms with Crippen LogP contribution in [0.1, 0.15) is 19.8 Å². The van der Waals surface area contributed by atoms with Crippen molar-refractivity contribution in [2.45, 2.75) is 32.0 Å². The summed E-state index contributed by atoms with van der Waals surface area (Å²) in [6.07, 6.45) is 0.666. The van der Waals surface area contributed by atoms with Gasteiger partial charge in [-0.1, -0.05) is 6.92 Å². The Kier molecular flexibility index (Phi) is 9.59. The van der Waals surface area contributed by atoms with Crippen LogP contribution >= 0.6 is 0 Å². The van der Waals surface area contributed by atoms with Gasteiger partial charge in [0.05, 0.1) is 6.61 Å². The number of epoxide rings is 1. The van der Waals surface area contributed by atoms with Crippen LogP contribution in [-0.2, 0) is 23.9 Å². The molecule has 2 atom stereocenters. The zero-order valence-corrected chi connectivity index (χ0v) is 11.0. The molecule has 0 aromatic heterocycles. The van der Waals surface area contributed by atoms with E-state index in [1.54, 1.807) is 7.05 Å². The number of hydrogen-bond acceptors (Lipinski definition) is 7. The molecule has 1 fully saturated rings. The van der Waals surface area contributed by atoms with Gasteiger partial charge in [-0.05, 0) is 6.42 Å². The van der Waals surface area contributed by atoms with Gasteiger partial charge in [0.15, 0.2) is 18.5 Å². The number of carbonyl (C=O) groups is 3. The van der Waals surface area contributed by atoms with Crippen molar-refractivity contribution in [2.24, 2.45) is 0 Å². The molecule has 1 amide bonds. The molecule has 2 unspecified atom stereocenters. The van der Waals surface area contributed by atoms with Crippen molar-refractivity contribution in [3.63, 3.8) is 0 Å². The van der Waals surface area contributed by atoms with E-state index in [9.17, 15) is 14.4 Å². The van der Waals surface area contributed by atoms with Crippen LogP contribution in [-0.4, -0.2) is 55.7 Å². The van der Waals surface area contributed by atoms with Crippen LogP contribution in [0, 0.1) is 0 Å². The van der Waals surface area contributed by atoms with Crippen molar-refractivity contribution in [1.29, 1.82) is 0 Å². The monoisotopic (exact) mass is 276 g/mol. The average Bonchev–Trinajstić information content (AvgIpc) is 3.17. The van der Waals surface area contributed by atoms with Gasteiger partial charge in [0, 0.05) is 13.5 Å². The number of aliphatic hydroxyl groups is 1. The minimum Gasteiger partial charge on any atom is -0.461 e. The summed E-state index contributed by atoms with van der Waals surface area (Å²) in [7, 11) is 1.67. The molecule has 0 radical (unpaired) electrons. The van der Waals surface area contributed by atoms with E-state index in [1.807, 2.05) is 6.92 Å². The topological polar surface area (TPSA) is 117 Å². The zero-order chi connectivity index (χ0) is 14.7. The molecule has 1 aliphatic heterocycles. The molecule has 0 saturated carbocycles. The van der Waals surface area contributed by atoms with Gasteiger partial charge in [-0.25, -0.2) is 10.2 Å². The van der Waals surface area contributed by atoms with Crippen molar-refractivity contribution >= 4 is 18.2 Å². The fraction of sp³-hybridized carbons (Fsp3) is 0.727. The SMILES string of the molecule is CCCC(=O)NNC.O=CC1OC1C(=O)OCCO. The predicted molar refractivity (Wildman–Crippen MR) is 64.9 cm³/mol. The van der Waals surface area contributed by atoms with Crippen LogP contribution in [0.15, 0.2) is 0 Å². The van der Waals surface area contributed by atoms with E-state index in [4.69, 9.17) is 5.11 Å². The maximum atomic E-state index is 10.7. The van der Waals surface area contributed by atoms with E-state index in [1.165, 1.54) is 0 Å². The number of carbonyl (C=O) groups excluding carboxylic acids is 3. The highest BCUT2D eigenvalue weighted by Crippen LogP contribution is 2.20. The number of aldehydes is 1. The number of amides is 1. The Balaban J connectivity index is 0.000000362. The van der Waals surface area contributed by atoms with E-state index in [0.717, 1.165) is 6.42 Å². The number of rotatable bonds is 7. The highest BCUT2D eigenvalue weighted by atomic mass is 16.6. The molecular formula is C11H20N2O6. The molecule has 110 valence electrons. The summed E-state index contributed by atoms with van der Waals surface area (Å²) >= 11 is 0. The van der Waals surface area contributed by atoms with Crippen molar-refractivity contribution < 1.29 is 29.0 Å². The first-order chi connectivity index (χ1) is 9.10. The Hall–Kier alpha value is -1.51. The van der Waals surface area contributed by atoms with E-state index < -0.39 is 18.2 Å². The van der Waals surface area contributed by atoms with E-state index >= 15 is 0 Å². The summed E-state index contributed by atoms with van der Waals surface area (Å²) in [5.41, 5.74) is 5.01. The molecule has 1 saturated heterocycles. The Morgan fingerprint density at radius 1 is 1.47 bits per heavy atom. The predicted octanol–water partition coefficient (Wildman–Crippen LogP) is -1.47. The van der Waals surface area contributed by atoms with Crippen LogP contribution in [0.4, 0.5) is 0 Å². The second-order valence-corrected chi connectivity index (χ2v) is 3.60. The smallest absolute Gasteiger partial charge is 0.338 e. The number of nitrogens with one attached hydrogen (secondary N) is 2. The van der Waals surface area contributed by atoms with Gasteiger partial charge in [-0.3, -0.25) is 10.2 Å². The first kappa shape index (κ1) is 17.5. The Morgan fingerprint density at radius 2 is 2.16 bits per heavy atom. The number of esters is 1. The van der Waals surface area contributed by atoms with Crippen molar-refractivity contribution in [1.82, 2.24) is 10.9 Å². The third-order valence-corrected chi connectivity index (χ3v) is 1.97. The lowest BCUT2D eigenvalue weighted by Crippen LogP contribution is -2.33. The average molecular weight is 276 g/mol. The summed E-state index contributed by atoms with van der Waals surface area (Å²) in [6, 6.07) is 0. The van der Waals surface area contributed by atoms with Gasteiger partial charge in [-0.2, -0.15) is 0 Å². The lowest BCUT2D eigenvalue weighted by Gasteiger charge is -1.98. The molecule has 1 heterocycles. The first-order valence-electron chi connectivity index (χ1n) is 5.94. The molecule has 1 aliphatic rings. The van der Waals surface area contributed by atoms with Crippen LogP contribution in [0.5, 0.6) is 0 Å². The molecule has 0 aromatic carbocycles. The molecule has 0 aliphatic carbocycles. The summed E-state index contributed by atoms with van der Waals surface area (Å²) in [5, 5.41) is 8.25. The zero-order valence-electron chi connectivity index (χ0n) is 11.0. The van der Waals surface area contributed by atoms with E-state index in [0.29, 0.717) is 12.7 Å². The van der Waals surface area contributed by atoms with Gasteiger partial charge >= 0.3 is 5.97 Å². The van der Waals surface area contributed by atoms with Gasteiger partial charge in [0.2, 0.25) is 5.91 Å². The third-order valence-electron chi connectivity index (χ3n) is 1.97. The number of hydrazine groups is 1. The largest absolute Gasteiger partial charge is 0.461 e. The van der Waals surface area contributed by atoms with E-state index in [-0.39, 0.29) is 19.1 Å². The van der Waals surface area contributed by atoms with Crippen LogP contribution < -0.4 is 10.9 Å². The van der Waals surface area contributed by atoms with Crippen molar-refractivity contribution in [3.8, 4) is 0 Å². The summed E-state index contributed by atoms with van der Waals surface area (Å²) in [5.74, 6) is -0.536. The summed E-state index contributed by atoms with van der Waals surface area (Å²) < 4.78 is 9.08. The summed E-state index contributed by atoms with van der Waals surface area (Å²) in [4.78, 5) is 31.2. The molecular weight excluding hydrogens is 256 g/mol. The maximum Gasteiger partial charge on any atom is 0.338 e.